The van der Waals surface area contributed by atoms with Crippen LogP contribution < -0.4 is 4.74 Å². The average Bonchev–Trinajstić information content (AvgIpc) is 2.57. The van der Waals surface area contributed by atoms with Gasteiger partial charge in [-0.25, -0.2) is 8.78 Å². The highest BCUT2D eigenvalue weighted by Crippen LogP contribution is 2.15. The number of allylic oxidation sites excluding steroid dienone is 1. The minimum Gasteiger partial charge on any atom is -0.491 e. The third kappa shape index (κ3) is 4.72. The molecule has 0 amide bonds. The maximum atomic E-state index is 13.5. The lowest BCUT2D eigenvalue weighted by atomic mass is 10.1. The number of ether oxygens (including phenoxy) is 2. The van der Waals surface area contributed by atoms with Gasteiger partial charge in [0.25, 0.3) is 0 Å². The van der Waals surface area contributed by atoms with Gasteiger partial charge in [0, 0.05) is 18.2 Å². The van der Waals surface area contributed by atoms with Crippen molar-refractivity contribution in [2.75, 3.05) is 20.3 Å². The Morgan fingerprint density at radius 1 is 1.09 bits per heavy atom. The van der Waals surface area contributed by atoms with Crippen LogP contribution in [-0.4, -0.2) is 26.1 Å². The summed E-state index contributed by atoms with van der Waals surface area (Å²) in [6.07, 6.45) is 2.46. The molecule has 0 heterocycles. The summed E-state index contributed by atoms with van der Waals surface area (Å²) in [4.78, 5) is 12.0. The van der Waals surface area contributed by atoms with Gasteiger partial charge >= 0.3 is 0 Å². The van der Waals surface area contributed by atoms with Crippen LogP contribution in [0.15, 0.2) is 48.5 Å². The molecule has 0 aliphatic heterocycles. The van der Waals surface area contributed by atoms with Gasteiger partial charge in [0.05, 0.1) is 6.61 Å². The van der Waals surface area contributed by atoms with Crippen molar-refractivity contribution in [1.29, 1.82) is 0 Å². The summed E-state index contributed by atoms with van der Waals surface area (Å²) in [5.74, 6) is -1.61. The number of rotatable bonds is 7. The molecule has 0 bridgehead atoms. The summed E-state index contributed by atoms with van der Waals surface area (Å²) in [5, 5.41) is 0. The lowest BCUT2D eigenvalue weighted by Crippen LogP contribution is -2.04. The Bertz CT molecular complexity index is 694. The maximum Gasteiger partial charge on any atom is 0.185 e. The first-order valence-corrected chi connectivity index (χ1v) is 7.00. The number of halogens is 2. The molecule has 0 fully saturated rings. The number of benzene rings is 2. The van der Waals surface area contributed by atoms with E-state index in [1.807, 2.05) is 0 Å². The Hall–Kier alpha value is -2.53. The number of carbonyl (C=O) groups excluding carboxylic acids is 1. The molecule has 0 unspecified atom stereocenters. The largest absolute Gasteiger partial charge is 0.491 e. The molecular formula is C18H16F2O3. The number of hydrogen-bond acceptors (Lipinski definition) is 3. The highest BCUT2D eigenvalue weighted by Gasteiger charge is 2.06. The summed E-state index contributed by atoms with van der Waals surface area (Å²) >= 11 is 0. The molecule has 0 spiro atoms. The number of hydrogen-bond donors (Lipinski definition) is 0. The molecule has 23 heavy (non-hydrogen) atoms. The summed E-state index contributed by atoms with van der Waals surface area (Å²) in [6, 6.07) is 10.4. The first-order valence-electron chi connectivity index (χ1n) is 7.00. The van der Waals surface area contributed by atoms with E-state index in [4.69, 9.17) is 9.47 Å². The second-order valence-electron chi connectivity index (χ2n) is 4.71. The number of methoxy groups -OCH3 is 1. The lowest BCUT2D eigenvalue weighted by molar-refractivity contribution is 0.104. The Labute approximate surface area is 133 Å². The molecule has 0 aliphatic carbocycles. The number of carbonyl (C=O) groups is 1. The molecule has 120 valence electrons. The standard InChI is InChI=1S/C18H16F2O3/c1-22-11-12-23-15-8-5-13(6-9-15)17(21)10-7-14-3-2-4-16(19)18(14)20/h2-10H,11-12H2,1H3/b10-7+. The molecule has 0 radical (unpaired) electrons. The monoisotopic (exact) mass is 318 g/mol. The quantitative estimate of drug-likeness (QED) is 0.441. The SMILES string of the molecule is COCCOc1ccc(C(=O)/C=C/c2cccc(F)c2F)cc1. The summed E-state index contributed by atoms with van der Waals surface area (Å²) in [7, 11) is 1.58. The second-order valence-corrected chi connectivity index (χ2v) is 4.71. The third-order valence-electron chi connectivity index (χ3n) is 3.09. The second kappa shape index (κ2) is 8.19. The summed E-state index contributed by atoms with van der Waals surface area (Å²) < 4.78 is 36.8. The van der Waals surface area contributed by atoms with Crippen molar-refractivity contribution in [3.05, 3.63) is 71.3 Å². The highest BCUT2D eigenvalue weighted by molar-refractivity contribution is 6.06. The molecule has 0 N–H and O–H groups in total. The van der Waals surface area contributed by atoms with Crippen LogP contribution in [0.3, 0.4) is 0 Å². The van der Waals surface area contributed by atoms with Crippen molar-refractivity contribution < 1.29 is 23.0 Å². The third-order valence-corrected chi connectivity index (χ3v) is 3.09. The molecule has 0 aliphatic rings. The Morgan fingerprint density at radius 2 is 1.83 bits per heavy atom. The Balaban J connectivity index is 2.03. The Morgan fingerprint density at radius 3 is 2.52 bits per heavy atom. The van der Waals surface area contributed by atoms with E-state index in [9.17, 15) is 13.6 Å². The normalized spacial score (nSPS) is 10.9. The van der Waals surface area contributed by atoms with Crippen molar-refractivity contribution in [3.8, 4) is 5.75 Å². The van der Waals surface area contributed by atoms with Gasteiger partial charge in [-0.15, -0.1) is 0 Å². The van der Waals surface area contributed by atoms with Crippen molar-refractivity contribution >= 4 is 11.9 Å². The molecule has 5 heteroatoms. The van der Waals surface area contributed by atoms with Crippen LogP contribution in [0.4, 0.5) is 8.78 Å². The van der Waals surface area contributed by atoms with Crippen LogP contribution in [0.2, 0.25) is 0 Å². The topological polar surface area (TPSA) is 35.5 Å². The molecule has 0 saturated heterocycles. The van der Waals surface area contributed by atoms with E-state index < -0.39 is 11.6 Å². The van der Waals surface area contributed by atoms with Gasteiger partial charge in [-0.05, 0) is 42.5 Å². The van der Waals surface area contributed by atoms with E-state index in [-0.39, 0.29) is 11.3 Å². The molecule has 0 aromatic heterocycles. The van der Waals surface area contributed by atoms with Crippen molar-refractivity contribution in [3.63, 3.8) is 0 Å². The van der Waals surface area contributed by atoms with Crippen LogP contribution in [0.5, 0.6) is 5.75 Å². The number of ketones is 1. The first-order chi connectivity index (χ1) is 11.1. The fraction of sp³-hybridized carbons (Fsp3) is 0.167. The minimum atomic E-state index is -0.974. The van der Waals surface area contributed by atoms with Gasteiger partial charge < -0.3 is 9.47 Å². The van der Waals surface area contributed by atoms with Crippen molar-refractivity contribution in [2.24, 2.45) is 0 Å². The molecule has 0 atom stereocenters. The van der Waals surface area contributed by atoms with E-state index in [1.54, 1.807) is 31.4 Å². The highest BCUT2D eigenvalue weighted by atomic mass is 19.2. The van der Waals surface area contributed by atoms with E-state index in [2.05, 4.69) is 0 Å². The fourth-order valence-electron chi connectivity index (χ4n) is 1.87. The van der Waals surface area contributed by atoms with E-state index in [0.29, 0.717) is 24.5 Å². The predicted molar refractivity (Wildman–Crippen MR) is 83.5 cm³/mol. The summed E-state index contributed by atoms with van der Waals surface area (Å²) in [5.41, 5.74) is 0.454. The van der Waals surface area contributed by atoms with Crippen molar-refractivity contribution in [2.45, 2.75) is 0 Å². The zero-order valence-electron chi connectivity index (χ0n) is 12.6. The van der Waals surface area contributed by atoms with Gasteiger partial charge in [0.15, 0.2) is 17.4 Å². The van der Waals surface area contributed by atoms with Crippen LogP contribution in [0.25, 0.3) is 6.08 Å². The maximum absolute atomic E-state index is 13.5. The van der Waals surface area contributed by atoms with Crippen LogP contribution in [-0.2, 0) is 4.74 Å². The van der Waals surface area contributed by atoms with Crippen LogP contribution in [0.1, 0.15) is 15.9 Å². The average molecular weight is 318 g/mol. The predicted octanol–water partition coefficient (Wildman–Crippen LogP) is 3.89. The van der Waals surface area contributed by atoms with Gasteiger partial charge in [0.2, 0.25) is 0 Å². The molecule has 3 nitrogen and oxygen atoms in total. The minimum absolute atomic E-state index is 0.0258. The Kier molecular flexibility index (Phi) is 6.00. The lowest BCUT2D eigenvalue weighted by Gasteiger charge is -2.05. The molecular weight excluding hydrogens is 302 g/mol. The molecule has 2 aromatic rings. The van der Waals surface area contributed by atoms with Gasteiger partial charge in [-0.1, -0.05) is 12.1 Å². The van der Waals surface area contributed by atoms with Gasteiger partial charge in [-0.3, -0.25) is 4.79 Å². The molecule has 2 aromatic carbocycles. The zero-order chi connectivity index (χ0) is 16.7. The van der Waals surface area contributed by atoms with E-state index in [1.165, 1.54) is 24.3 Å². The van der Waals surface area contributed by atoms with Crippen LogP contribution in [0, 0.1) is 11.6 Å². The molecule has 0 saturated carbocycles. The van der Waals surface area contributed by atoms with E-state index >= 15 is 0 Å². The zero-order valence-corrected chi connectivity index (χ0v) is 12.6. The fourth-order valence-corrected chi connectivity index (χ4v) is 1.87. The van der Waals surface area contributed by atoms with Crippen molar-refractivity contribution in [1.82, 2.24) is 0 Å². The first kappa shape index (κ1) is 16.8. The van der Waals surface area contributed by atoms with Gasteiger partial charge in [-0.2, -0.15) is 0 Å². The van der Waals surface area contributed by atoms with E-state index in [0.717, 1.165) is 6.07 Å². The smallest absolute Gasteiger partial charge is 0.185 e. The van der Waals surface area contributed by atoms with Gasteiger partial charge in [0.1, 0.15) is 12.4 Å². The molecule has 2 rings (SSSR count). The van der Waals surface area contributed by atoms with Crippen LogP contribution >= 0.6 is 0 Å². The summed E-state index contributed by atoms with van der Waals surface area (Å²) in [6.45, 7) is 0.894.